The summed E-state index contributed by atoms with van der Waals surface area (Å²) < 4.78 is 6.40. The van der Waals surface area contributed by atoms with E-state index in [2.05, 4.69) is 96.3 Å². The number of aliphatic imine (C=N–C) groups is 1. The minimum atomic E-state index is -0.224. The van der Waals surface area contributed by atoms with E-state index in [1.807, 2.05) is 18.2 Å². The van der Waals surface area contributed by atoms with Gasteiger partial charge < -0.3 is 9.73 Å². The fourth-order valence-electron chi connectivity index (χ4n) is 4.97. The standard InChI is InChI=1S/C30H20N2O/c1-2-9-20(10-3-1)28-23-13-4-6-15-25(23)31-30(32-28)24-14-8-11-19-17-18-22-21-12-5-7-16-26(21)33-29(22)27(19)24/h1-18,30-31H. The summed E-state index contributed by atoms with van der Waals surface area (Å²) in [7, 11) is 0. The van der Waals surface area contributed by atoms with Crippen molar-refractivity contribution in [3.8, 4) is 0 Å². The van der Waals surface area contributed by atoms with E-state index in [1.165, 1.54) is 0 Å². The Balaban J connectivity index is 1.51. The first kappa shape index (κ1) is 18.2. The Labute approximate surface area is 191 Å². The van der Waals surface area contributed by atoms with Crippen LogP contribution in [0.4, 0.5) is 5.69 Å². The average Bonchev–Trinajstić information content (AvgIpc) is 3.27. The molecule has 0 bridgehead atoms. The van der Waals surface area contributed by atoms with Crippen LogP contribution in [0.1, 0.15) is 22.9 Å². The molecule has 2 heterocycles. The van der Waals surface area contributed by atoms with Gasteiger partial charge in [0.25, 0.3) is 0 Å². The van der Waals surface area contributed by atoms with E-state index in [-0.39, 0.29) is 6.17 Å². The predicted molar refractivity (Wildman–Crippen MR) is 136 cm³/mol. The van der Waals surface area contributed by atoms with E-state index in [0.29, 0.717) is 0 Å². The van der Waals surface area contributed by atoms with E-state index in [9.17, 15) is 0 Å². The van der Waals surface area contributed by atoms with Gasteiger partial charge in [0.1, 0.15) is 17.3 Å². The molecule has 5 aromatic carbocycles. The zero-order valence-electron chi connectivity index (χ0n) is 17.8. The zero-order chi connectivity index (χ0) is 21.8. The second kappa shape index (κ2) is 7.07. The molecule has 0 amide bonds. The molecule has 3 heteroatoms. The largest absolute Gasteiger partial charge is 0.455 e. The first-order chi connectivity index (χ1) is 16.4. The van der Waals surface area contributed by atoms with E-state index in [0.717, 1.165) is 60.8 Å². The minimum Gasteiger partial charge on any atom is -0.455 e. The Morgan fingerprint density at radius 3 is 2.42 bits per heavy atom. The van der Waals surface area contributed by atoms with Gasteiger partial charge in [-0.25, -0.2) is 0 Å². The number of hydrogen-bond acceptors (Lipinski definition) is 3. The average molecular weight is 425 g/mol. The molecule has 3 nitrogen and oxygen atoms in total. The minimum absolute atomic E-state index is 0.224. The molecule has 1 aliphatic heterocycles. The number of nitrogens with one attached hydrogen (secondary N) is 1. The number of furan rings is 1. The lowest BCUT2D eigenvalue weighted by molar-refractivity contribution is 0.671. The molecule has 1 unspecified atom stereocenters. The number of anilines is 1. The smallest absolute Gasteiger partial charge is 0.146 e. The van der Waals surface area contributed by atoms with Crippen LogP contribution >= 0.6 is 0 Å². The molecular formula is C30H20N2O. The van der Waals surface area contributed by atoms with E-state index in [4.69, 9.17) is 9.41 Å². The summed E-state index contributed by atoms with van der Waals surface area (Å²) in [4.78, 5) is 5.24. The van der Waals surface area contributed by atoms with Crippen LogP contribution in [-0.4, -0.2) is 5.71 Å². The Bertz CT molecular complexity index is 1700. The first-order valence-electron chi connectivity index (χ1n) is 11.2. The number of rotatable bonds is 2. The Morgan fingerprint density at radius 2 is 1.48 bits per heavy atom. The van der Waals surface area contributed by atoms with Crippen LogP contribution in [0.15, 0.2) is 119 Å². The Hall–Kier alpha value is -4.37. The zero-order valence-corrected chi connectivity index (χ0v) is 17.8. The van der Waals surface area contributed by atoms with Crippen molar-refractivity contribution in [2.75, 3.05) is 5.32 Å². The lowest BCUT2D eigenvalue weighted by Crippen LogP contribution is -2.20. The second-order valence-electron chi connectivity index (χ2n) is 8.42. The molecule has 1 aliphatic rings. The van der Waals surface area contributed by atoms with Gasteiger partial charge in [-0.2, -0.15) is 0 Å². The highest BCUT2D eigenvalue weighted by atomic mass is 16.3. The summed E-state index contributed by atoms with van der Waals surface area (Å²) in [5.41, 5.74) is 7.26. The van der Waals surface area contributed by atoms with Crippen molar-refractivity contribution in [3.63, 3.8) is 0 Å². The number of benzene rings is 5. The normalized spacial score (nSPS) is 15.4. The van der Waals surface area contributed by atoms with Crippen molar-refractivity contribution in [1.82, 2.24) is 0 Å². The van der Waals surface area contributed by atoms with Gasteiger partial charge in [0.2, 0.25) is 0 Å². The van der Waals surface area contributed by atoms with Crippen molar-refractivity contribution < 1.29 is 4.42 Å². The maximum atomic E-state index is 6.40. The van der Waals surface area contributed by atoms with Gasteiger partial charge in [0.05, 0.1) is 5.71 Å². The monoisotopic (exact) mass is 424 g/mol. The Kier molecular flexibility index (Phi) is 3.91. The first-order valence-corrected chi connectivity index (χ1v) is 11.2. The molecule has 0 fully saturated rings. The van der Waals surface area contributed by atoms with Gasteiger partial charge in [-0.05, 0) is 23.6 Å². The van der Waals surface area contributed by atoms with E-state index < -0.39 is 0 Å². The second-order valence-corrected chi connectivity index (χ2v) is 8.42. The highest BCUT2D eigenvalue weighted by molar-refractivity contribution is 6.18. The fourth-order valence-corrected chi connectivity index (χ4v) is 4.97. The highest BCUT2D eigenvalue weighted by Gasteiger charge is 2.25. The third-order valence-corrected chi connectivity index (χ3v) is 6.49. The number of para-hydroxylation sites is 2. The molecule has 0 saturated heterocycles. The summed E-state index contributed by atoms with van der Waals surface area (Å²) in [6.07, 6.45) is -0.224. The van der Waals surface area contributed by atoms with Crippen LogP contribution in [-0.2, 0) is 0 Å². The molecule has 33 heavy (non-hydrogen) atoms. The summed E-state index contributed by atoms with van der Waals surface area (Å²) in [5, 5.41) is 8.21. The van der Waals surface area contributed by atoms with Gasteiger partial charge in [-0.3, -0.25) is 4.99 Å². The molecule has 1 atom stereocenters. The predicted octanol–water partition coefficient (Wildman–Crippen LogP) is 7.70. The summed E-state index contributed by atoms with van der Waals surface area (Å²) in [5.74, 6) is 0. The molecule has 6 aromatic rings. The van der Waals surface area contributed by atoms with Crippen LogP contribution < -0.4 is 5.32 Å². The lowest BCUT2D eigenvalue weighted by Gasteiger charge is -2.27. The van der Waals surface area contributed by atoms with Crippen LogP contribution in [0.3, 0.4) is 0 Å². The van der Waals surface area contributed by atoms with Gasteiger partial charge in [-0.1, -0.05) is 91.0 Å². The maximum absolute atomic E-state index is 6.40. The number of fused-ring (bicyclic) bond motifs is 6. The molecule has 0 aliphatic carbocycles. The van der Waals surface area contributed by atoms with Crippen molar-refractivity contribution in [2.45, 2.75) is 6.17 Å². The van der Waals surface area contributed by atoms with Gasteiger partial charge in [-0.15, -0.1) is 0 Å². The molecule has 1 N–H and O–H groups in total. The van der Waals surface area contributed by atoms with Crippen molar-refractivity contribution in [1.29, 1.82) is 0 Å². The Morgan fingerprint density at radius 1 is 0.667 bits per heavy atom. The maximum Gasteiger partial charge on any atom is 0.146 e. The van der Waals surface area contributed by atoms with Crippen molar-refractivity contribution >= 4 is 44.1 Å². The molecule has 0 saturated carbocycles. The fraction of sp³-hybridized carbons (Fsp3) is 0.0333. The van der Waals surface area contributed by atoms with Crippen molar-refractivity contribution in [3.05, 3.63) is 126 Å². The van der Waals surface area contributed by atoms with Gasteiger partial charge >= 0.3 is 0 Å². The number of hydrogen-bond donors (Lipinski definition) is 1. The third kappa shape index (κ3) is 2.79. The van der Waals surface area contributed by atoms with Crippen LogP contribution in [0.2, 0.25) is 0 Å². The number of nitrogens with zero attached hydrogens (tertiary/aromatic N) is 1. The molecule has 0 radical (unpaired) electrons. The van der Waals surface area contributed by atoms with Gasteiger partial charge in [0, 0.05) is 38.5 Å². The SMILES string of the molecule is c1ccc(C2=NC(c3cccc4ccc5c6ccccc6oc5c34)Nc3ccccc32)cc1. The van der Waals surface area contributed by atoms with E-state index >= 15 is 0 Å². The molecule has 0 spiro atoms. The third-order valence-electron chi connectivity index (χ3n) is 6.49. The van der Waals surface area contributed by atoms with Crippen LogP contribution in [0, 0.1) is 0 Å². The molecular weight excluding hydrogens is 404 g/mol. The summed E-state index contributed by atoms with van der Waals surface area (Å²) in [6, 6.07) is 37.8. The van der Waals surface area contributed by atoms with Crippen LogP contribution in [0.5, 0.6) is 0 Å². The highest BCUT2D eigenvalue weighted by Crippen LogP contribution is 2.40. The molecule has 156 valence electrons. The summed E-state index contributed by atoms with van der Waals surface area (Å²) in [6.45, 7) is 0. The summed E-state index contributed by atoms with van der Waals surface area (Å²) >= 11 is 0. The van der Waals surface area contributed by atoms with E-state index in [1.54, 1.807) is 0 Å². The lowest BCUT2D eigenvalue weighted by atomic mass is 9.95. The van der Waals surface area contributed by atoms with Crippen molar-refractivity contribution in [2.24, 2.45) is 4.99 Å². The molecule has 7 rings (SSSR count). The molecule has 1 aromatic heterocycles. The topological polar surface area (TPSA) is 37.5 Å². The van der Waals surface area contributed by atoms with Crippen LogP contribution in [0.25, 0.3) is 32.7 Å². The quantitative estimate of drug-likeness (QED) is 0.309. The van der Waals surface area contributed by atoms with Gasteiger partial charge in [0.15, 0.2) is 0 Å².